The Bertz CT molecular complexity index is 892. The van der Waals surface area contributed by atoms with E-state index in [-0.39, 0.29) is 5.91 Å². The fourth-order valence-electron chi connectivity index (χ4n) is 3.21. The summed E-state index contributed by atoms with van der Waals surface area (Å²) < 4.78 is 0. The van der Waals surface area contributed by atoms with E-state index < -0.39 is 12.1 Å². The normalized spacial score (nSPS) is 20.7. The maximum Gasteiger partial charge on any atom is 0.331 e. The fraction of sp³-hybridized carbons (Fsp3) is 0.235. The number of benzene rings is 1. The number of amides is 1. The van der Waals surface area contributed by atoms with Crippen LogP contribution in [0.25, 0.3) is 22.4 Å². The third-order valence-electron chi connectivity index (χ3n) is 4.35. The van der Waals surface area contributed by atoms with Crippen molar-refractivity contribution < 1.29 is 15.6 Å². The lowest BCUT2D eigenvalue weighted by atomic mass is 10.2. The molecule has 3 heterocycles. The molecular weight excluding hydrogens is 306 g/mol. The van der Waals surface area contributed by atoms with Crippen LogP contribution in [-0.2, 0) is 4.79 Å². The summed E-state index contributed by atoms with van der Waals surface area (Å²) in [6.07, 6.45) is 1.61. The van der Waals surface area contributed by atoms with Gasteiger partial charge in [0.25, 0.3) is 0 Å². The molecule has 5 N–H and O–H groups in total. The first-order valence-corrected chi connectivity index (χ1v) is 7.84. The van der Waals surface area contributed by atoms with Gasteiger partial charge >= 0.3 is 5.91 Å². The Hall–Kier alpha value is -2.77. The number of nitrogens with one attached hydrogen (secondary N) is 1. The number of fused-ring (bicyclic) bond motifs is 1. The minimum absolute atomic E-state index is 0.213. The largest absolute Gasteiger partial charge is 0.391 e. The minimum Gasteiger partial charge on any atom is -0.391 e. The van der Waals surface area contributed by atoms with Crippen molar-refractivity contribution in [3.8, 4) is 11.4 Å². The first kappa shape index (κ1) is 14.8. The third kappa shape index (κ3) is 2.44. The van der Waals surface area contributed by atoms with E-state index in [0.717, 1.165) is 10.9 Å². The lowest BCUT2D eigenvalue weighted by molar-refractivity contribution is -0.307. The van der Waals surface area contributed by atoms with Crippen LogP contribution in [0.5, 0.6) is 0 Å². The van der Waals surface area contributed by atoms with Gasteiger partial charge in [0.1, 0.15) is 17.5 Å². The Labute approximate surface area is 138 Å². The Morgan fingerprint density at radius 2 is 2.04 bits per heavy atom. The quantitative estimate of drug-likeness (QED) is 0.643. The molecule has 0 saturated carbocycles. The Kier molecular flexibility index (Phi) is 3.51. The zero-order valence-corrected chi connectivity index (χ0v) is 13.0. The van der Waals surface area contributed by atoms with Crippen molar-refractivity contribution in [2.45, 2.75) is 18.6 Å². The van der Waals surface area contributed by atoms with Gasteiger partial charge < -0.3 is 15.0 Å². The molecule has 0 spiro atoms. The highest BCUT2D eigenvalue weighted by Crippen LogP contribution is 2.31. The molecule has 3 aromatic rings. The minimum atomic E-state index is -0.565. The van der Waals surface area contributed by atoms with E-state index in [1.807, 2.05) is 41.3 Å². The van der Waals surface area contributed by atoms with Crippen molar-refractivity contribution in [2.24, 2.45) is 0 Å². The van der Waals surface area contributed by atoms with E-state index in [1.54, 1.807) is 6.20 Å². The Morgan fingerprint density at radius 1 is 1.25 bits per heavy atom. The van der Waals surface area contributed by atoms with Gasteiger partial charge in [-0.2, -0.15) is 0 Å². The van der Waals surface area contributed by atoms with Crippen molar-refractivity contribution >= 4 is 22.8 Å². The Balaban J connectivity index is 1.88. The number of H-pyrrole nitrogens is 1. The van der Waals surface area contributed by atoms with Crippen LogP contribution in [0.1, 0.15) is 6.42 Å². The van der Waals surface area contributed by atoms with Crippen molar-refractivity contribution in [3.05, 3.63) is 42.6 Å². The molecule has 2 unspecified atom stereocenters. The van der Waals surface area contributed by atoms with E-state index in [1.165, 1.54) is 0 Å². The summed E-state index contributed by atoms with van der Waals surface area (Å²) in [5.74, 6) is 1.02. The Morgan fingerprint density at radius 3 is 2.79 bits per heavy atom. The zero-order valence-electron chi connectivity index (χ0n) is 13.0. The van der Waals surface area contributed by atoms with Crippen LogP contribution in [0.3, 0.4) is 0 Å². The highest BCUT2D eigenvalue weighted by atomic mass is 16.3. The lowest BCUT2D eigenvalue weighted by Gasteiger charge is -2.22. The van der Waals surface area contributed by atoms with E-state index in [2.05, 4.69) is 15.7 Å². The number of quaternary nitrogens is 1. The number of aliphatic hydroxyl groups excluding tert-OH is 1. The molecular formula is C17H18N5O2+. The van der Waals surface area contributed by atoms with Gasteiger partial charge in [-0.25, -0.2) is 14.8 Å². The van der Waals surface area contributed by atoms with Gasteiger partial charge in [-0.05, 0) is 6.07 Å². The van der Waals surface area contributed by atoms with Gasteiger partial charge in [0.2, 0.25) is 0 Å². The van der Waals surface area contributed by atoms with Crippen molar-refractivity contribution in [2.75, 3.05) is 11.4 Å². The summed E-state index contributed by atoms with van der Waals surface area (Å²) >= 11 is 0. The summed E-state index contributed by atoms with van der Waals surface area (Å²) in [4.78, 5) is 26.1. The second kappa shape index (κ2) is 5.70. The molecule has 1 aliphatic rings. The van der Waals surface area contributed by atoms with Gasteiger partial charge in [0.05, 0.1) is 11.5 Å². The number of hydrogen-bond acceptors (Lipinski definition) is 5. The summed E-state index contributed by atoms with van der Waals surface area (Å²) in [5.41, 5.74) is 5.14. The van der Waals surface area contributed by atoms with Crippen LogP contribution in [0.15, 0.2) is 42.6 Å². The maximum absolute atomic E-state index is 11.9. The maximum atomic E-state index is 11.9. The molecule has 0 bridgehead atoms. The second-order valence-electron chi connectivity index (χ2n) is 6.00. The van der Waals surface area contributed by atoms with Gasteiger partial charge in [0.15, 0.2) is 5.82 Å². The molecule has 7 heteroatoms. The highest BCUT2D eigenvalue weighted by molar-refractivity contribution is 5.91. The smallest absolute Gasteiger partial charge is 0.331 e. The van der Waals surface area contributed by atoms with Crippen LogP contribution in [0, 0.1) is 0 Å². The van der Waals surface area contributed by atoms with Gasteiger partial charge in [0, 0.05) is 24.7 Å². The molecule has 1 aromatic carbocycles. The zero-order chi connectivity index (χ0) is 16.7. The molecule has 7 nitrogen and oxygen atoms in total. The number of carbonyl (C=O) groups is 1. The summed E-state index contributed by atoms with van der Waals surface area (Å²) in [6.45, 7) is 0.359. The second-order valence-corrected chi connectivity index (χ2v) is 6.00. The van der Waals surface area contributed by atoms with Crippen molar-refractivity contribution in [1.29, 1.82) is 0 Å². The molecule has 1 aliphatic heterocycles. The van der Waals surface area contributed by atoms with Crippen LogP contribution in [-0.4, -0.2) is 44.7 Å². The first-order valence-electron chi connectivity index (χ1n) is 7.84. The van der Waals surface area contributed by atoms with E-state index in [4.69, 9.17) is 4.98 Å². The standard InChI is InChI=1S/C17H17N5O2/c18-14(24)13-8-11(23)9-22(13)17-12-6-7-19-16(12)20-15(21-17)10-4-2-1-3-5-10/h1-7,11,13,23H,8-9H2,(H2,18,24)(H,19,20,21)/p+1. The van der Waals surface area contributed by atoms with Gasteiger partial charge in [-0.15, -0.1) is 0 Å². The van der Waals surface area contributed by atoms with Crippen LogP contribution in [0.2, 0.25) is 0 Å². The average Bonchev–Trinajstić information content (AvgIpc) is 3.21. The number of nitrogens with zero attached hydrogens (tertiary/aromatic N) is 3. The van der Waals surface area contributed by atoms with E-state index >= 15 is 0 Å². The molecule has 0 aliphatic carbocycles. The van der Waals surface area contributed by atoms with Crippen molar-refractivity contribution in [1.82, 2.24) is 15.0 Å². The van der Waals surface area contributed by atoms with Gasteiger partial charge in [-0.3, -0.25) is 5.73 Å². The summed E-state index contributed by atoms with van der Waals surface area (Å²) in [6, 6.07) is 11.1. The summed E-state index contributed by atoms with van der Waals surface area (Å²) in [7, 11) is 0. The molecule has 122 valence electrons. The number of carbonyl (C=O) groups excluding carboxylic acids is 1. The predicted octanol–water partition coefficient (Wildman–Crippen LogP) is 0.333. The number of hydrogen-bond donors (Lipinski definition) is 3. The van der Waals surface area contributed by atoms with Crippen LogP contribution in [0.4, 0.5) is 5.82 Å². The van der Waals surface area contributed by atoms with Crippen LogP contribution < -0.4 is 10.6 Å². The average molecular weight is 324 g/mol. The number of rotatable bonds is 3. The summed E-state index contributed by atoms with van der Waals surface area (Å²) in [5, 5.41) is 10.8. The topological polar surface area (TPSA) is 110 Å². The number of β-amino-alcohol motifs (C(OH)–C–C–N with tert-alkyl or cyclic N) is 1. The molecule has 1 amide bonds. The van der Waals surface area contributed by atoms with E-state index in [0.29, 0.717) is 30.3 Å². The van der Waals surface area contributed by atoms with E-state index in [9.17, 15) is 9.90 Å². The molecule has 24 heavy (non-hydrogen) atoms. The number of aromatic nitrogens is 3. The van der Waals surface area contributed by atoms with Gasteiger partial charge in [-0.1, -0.05) is 30.3 Å². The lowest BCUT2D eigenvalue weighted by Crippen LogP contribution is -2.65. The number of aliphatic hydroxyl groups is 1. The SMILES string of the molecule is [NH3+]C(=O)C1CC(O)CN1c1nc(-c2ccccc2)nc2[nH]ccc12. The third-order valence-corrected chi connectivity index (χ3v) is 4.35. The predicted molar refractivity (Wildman–Crippen MR) is 89.0 cm³/mol. The van der Waals surface area contributed by atoms with Crippen molar-refractivity contribution in [3.63, 3.8) is 0 Å². The molecule has 4 rings (SSSR count). The monoisotopic (exact) mass is 324 g/mol. The number of aromatic amines is 1. The molecule has 2 atom stereocenters. The molecule has 0 radical (unpaired) electrons. The molecule has 2 aromatic heterocycles. The number of anilines is 1. The first-order chi connectivity index (χ1) is 11.6. The van der Waals surface area contributed by atoms with Crippen LogP contribution >= 0.6 is 0 Å². The molecule has 1 fully saturated rings. The highest BCUT2D eigenvalue weighted by Gasteiger charge is 2.38. The fourth-order valence-corrected chi connectivity index (χ4v) is 3.21. The molecule has 1 saturated heterocycles.